The number of carbonyl (C=O) groups excluding carboxylic acids is 3. The number of imide groups is 1. The summed E-state index contributed by atoms with van der Waals surface area (Å²) in [6.45, 7) is 4.49. The quantitative estimate of drug-likeness (QED) is 0.142. The van der Waals surface area contributed by atoms with Crippen molar-refractivity contribution in [1.29, 1.82) is 0 Å². The number of nitrogens with zero attached hydrogens (tertiary/aromatic N) is 2. The van der Waals surface area contributed by atoms with Gasteiger partial charge in [0.25, 0.3) is 16.8 Å². The zero-order chi connectivity index (χ0) is 24.7. The van der Waals surface area contributed by atoms with E-state index in [1.807, 2.05) is 6.92 Å². The van der Waals surface area contributed by atoms with Gasteiger partial charge < -0.3 is 9.47 Å². The average molecular weight is 485 g/mol. The number of carbonyl (C=O) groups is 3. The Hall–Kier alpha value is -3.66. The van der Waals surface area contributed by atoms with Crippen molar-refractivity contribution in [3.8, 4) is 11.5 Å². The molecule has 0 radical (unpaired) electrons. The van der Waals surface area contributed by atoms with E-state index in [0.29, 0.717) is 30.3 Å². The number of benzene rings is 2. The van der Waals surface area contributed by atoms with Crippen LogP contribution >= 0.6 is 11.8 Å². The van der Waals surface area contributed by atoms with Crippen LogP contribution in [0.2, 0.25) is 0 Å². The minimum absolute atomic E-state index is 0.154. The molecule has 9 nitrogen and oxygen atoms in total. The monoisotopic (exact) mass is 484 g/mol. The van der Waals surface area contributed by atoms with Gasteiger partial charge in [-0.25, -0.2) is 0 Å². The largest absolute Gasteiger partial charge is 0.490 e. The van der Waals surface area contributed by atoms with E-state index in [0.717, 1.165) is 29.5 Å². The molecule has 2 aromatic carbocycles. The Labute approximate surface area is 200 Å². The molecule has 0 spiro atoms. The number of unbranched alkanes of at least 4 members (excludes halogenated alkanes) is 1. The Morgan fingerprint density at radius 1 is 1.09 bits per heavy atom. The van der Waals surface area contributed by atoms with Gasteiger partial charge >= 0.3 is 0 Å². The van der Waals surface area contributed by atoms with Crippen molar-refractivity contribution in [3.63, 3.8) is 0 Å². The Balaban J connectivity index is 1.74. The number of nitro groups is 1. The number of amides is 2. The van der Waals surface area contributed by atoms with E-state index >= 15 is 0 Å². The SMILES string of the molecule is CCCCOc1ccc(/C=C2\SC(=O)N(CC(=O)c3ccc([N+](=O)[O-])cc3)C2=O)cc1OCC. The first-order chi connectivity index (χ1) is 16.3. The van der Waals surface area contributed by atoms with Crippen LogP contribution in [-0.4, -0.2) is 46.5 Å². The average Bonchev–Trinajstić information content (AvgIpc) is 3.08. The predicted octanol–water partition coefficient (Wildman–Crippen LogP) is 5.09. The maximum absolute atomic E-state index is 12.8. The topological polar surface area (TPSA) is 116 Å². The Morgan fingerprint density at radius 2 is 1.82 bits per heavy atom. The van der Waals surface area contributed by atoms with E-state index < -0.39 is 28.4 Å². The van der Waals surface area contributed by atoms with Crippen LogP contribution in [0.3, 0.4) is 0 Å². The first-order valence-corrected chi connectivity index (χ1v) is 11.6. The summed E-state index contributed by atoms with van der Waals surface area (Å²) in [5.41, 5.74) is 0.672. The fourth-order valence-electron chi connectivity index (χ4n) is 3.12. The van der Waals surface area contributed by atoms with Gasteiger partial charge in [-0.05, 0) is 61.0 Å². The van der Waals surface area contributed by atoms with Gasteiger partial charge in [0, 0.05) is 17.7 Å². The number of nitro benzene ring substituents is 1. The summed E-state index contributed by atoms with van der Waals surface area (Å²) in [4.78, 5) is 49.0. The van der Waals surface area contributed by atoms with E-state index in [1.54, 1.807) is 24.3 Å². The zero-order valence-electron chi connectivity index (χ0n) is 18.8. The lowest BCUT2D eigenvalue weighted by Crippen LogP contribution is -2.33. The molecule has 0 aliphatic carbocycles. The minimum atomic E-state index is -0.577. The molecule has 1 heterocycles. The van der Waals surface area contributed by atoms with Crippen LogP contribution in [0.1, 0.15) is 42.6 Å². The summed E-state index contributed by atoms with van der Waals surface area (Å²) in [6.07, 6.45) is 3.49. The number of thioether (sulfide) groups is 1. The Morgan fingerprint density at radius 3 is 2.47 bits per heavy atom. The van der Waals surface area contributed by atoms with Crippen molar-refractivity contribution in [2.75, 3.05) is 19.8 Å². The third-order valence-electron chi connectivity index (χ3n) is 4.90. The smallest absolute Gasteiger partial charge is 0.293 e. The number of ketones is 1. The maximum atomic E-state index is 12.8. The normalized spacial score (nSPS) is 14.5. The van der Waals surface area contributed by atoms with Crippen LogP contribution in [0.25, 0.3) is 6.08 Å². The summed E-state index contributed by atoms with van der Waals surface area (Å²) in [7, 11) is 0. The lowest BCUT2D eigenvalue weighted by atomic mass is 10.1. The number of ether oxygens (including phenoxy) is 2. The predicted molar refractivity (Wildman–Crippen MR) is 128 cm³/mol. The molecule has 1 saturated heterocycles. The number of hydrogen-bond donors (Lipinski definition) is 0. The van der Waals surface area contributed by atoms with Gasteiger partial charge in [-0.2, -0.15) is 0 Å². The lowest BCUT2D eigenvalue weighted by Gasteiger charge is -2.12. The molecule has 0 atom stereocenters. The molecule has 0 unspecified atom stereocenters. The molecule has 0 bridgehead atoms. The van der Waals surface area contributed by atoms with Crippen LogP contribution in [0.5, 0.6) is 11.5 Å². The number of hydrogen-bond acceptors (Lipinski definition) is 8. The van der Waals surface area contributed by atoms with Crippen molar-refractivity contribution >= 4 is 40.5 Å². The summed E-state index contributed by atoms with van der Waals surface area (Å²) in [5, 5.41) is 10.2. The van der Waals surface area contributed by atoms with E-state index in [9.17, 15) is 24.5 Å². The van der Waals surface area contributed by atoms with Crippen LogP contribution in [0.4, 0.5) is 10.5 Å². The molecule has 34 heavy (non-hydrogen) atoms. The van der Waals surface area contributed by atoms with Gasteiger partial charge in [-0.15, -0.1) is 0 Å². The second-order valence-corrected chi connectivity index (χ2v) is 8.33. The third-order valence-corrected chi connectivity index (χ3v) is 5.80. The molecule has 1 aliphatic heterocycles. The fourth-order valence-corrected chi connectivity index (χ4v) is 3.96. The second-order valence-electron chi connectivity index (χ2n) is 7.34. The van der Waals surface area contributed by atoms with Gasteiger partial charge in [-0.1, -0.05) is 19.4 Å². The zero-order valence-corrected chi connectivity index (χ0v) is 19.6. The van der Waals surface area contributed by atoms with Crippen molar-refractivity contribution < 1.29 is 28.8 Å². The highest BCUT2D eigenvalue weighted by Crippen LogP contribution is 2.35. The molecular weight excluding hydrogens is 460 g/mol. The van der Waals surface area contributed by atoms with Crippen molar-refractivity contribution in [2.45, 2.75) is 26.7 Å². The van der Waals surface area contributed by atoms with Crippen LogP contribution in [0, 0.1) is 10.1 Å². The molecule has 2 amide bonds. The molecule has 3 rings (SSSR count). The molecule has 1 fully saturated rings. The summed E-state index contributed by atoms with van der Waals surface area (Å²) in [5.74, 6) is 0.0753. The molecule has 0 aromatic heterocycles. The Kier molecular flexibility index (Phi) is 8.42. The van der Waals surface area contributed by atoms with E-state index in [4.69, 9.17) is 9.47 Å². The van der Waals surface area contributed by atoms with Gasteiger partial charge in [0.05, 0.1) is 29.6 Å². The van der Waals surface area contributed by atoms with E-state index in [2.05, 4.69) is 6.92 Å². The fraction of sp³-hybridized carbons (Fsp3) is 0.292. The number of non-ortho nitro benzene ring substituents is 1. The highest BCUT2D eigenvalue weighted by Gasteiger charge is 2.36. The Bertz CT molecular complexity index is 1130. The van der Waals surface area contributed by atoms with E-state index in [-0.39, 0.29) is 16.2 Å². The molecule has 0 N–H and O–H groups in total. The molecular formula is C24H24N2O7S. The first-order valence-electron chi connectivity index (χ1n) is 10.8. The van der Waals surface area contributed by atoms with Gasteiger partial charge in [-0.3, -0.25) is 29.4 Å². The molecule has 1 aliphatic rings. The molecule has 10 heteroatoms. The second kappa shape index (κ2) is 11.5. The van der Waals surface area contributed by atoms with Crippen LogP contribution in [-0.2, 0) is 4.79 Å². The lowest BCUT2D eigenvalue weighted by molar-refractivity contribution is -0.384. The van der Waals surface area contributed by atoms with Gasteiger partial charge in [0.2, 0.25) is 0 Å². The highest BCUT2D eigenvalue weighted by molar-refractivity contribution is 8.18. The summed E-state index contributed by atoms with van der Waals surface area (Å²) in [6, 6.07) is 10.3. The third kappa shape index (κ3) is 6.02. The maximum Gasteiger partial charge on any atom is 0.293 e. The first kappa shape index (κ1) is 25.0. The van der Waals surface area contributed by atoms with Crippen molar-refractivity contribution in [1.82, 2.24) is 4.90 Å². The van der Waals surface area contributed by atoms with Gasteiger partial charge in [0.1, 0.15) is 0 Å². The highest BCUT2D eigenvalue weighted by atomic mass is 32.2. The van der Waals surface area contributed by atoms with Crippen LogP contribution < -0.4 is 9.47 Å². The number of rotatable bonds is 11. The van der Waals surface area contributed by atoms with Gasteiger partial charge in [0.15, 0.2) is 17.3 Å². The molecule has 2 aromatic rings. The van der Waals surface area contributed by atoms with Crippen LogP contribution in [0.15, 0.2) is 47.4 Å². The standard InChI is InChI=1S/C24H24N2O7S/c1-3-5-12-33-20-11-6-16(13-21(20)32-4-2)14-22-23(28)25(24(29)34-22)15-19(27)17-7-9-18(10-8-17)26(30)31/h6-11,13-14H,3-5,12,15H2,1-2H3/b22-14-. The summed E-state index contributed by atoms with van der Waals surface area (Å²) < 4.78 is 11.4. The molecule has 178 valence electrons. The number of Topliss-reactive ketones (excluding diaryl/α,β-unsaturated/α-hetero) is 1. The van der Waals surface area contributed by atoms with Crippen molar-refractivity contribution in [3.05, 3.63) is 68.6 Å². The minimum Gasteiger partial charge on any atom is -0.490 e. The molecule has 0 saturated carbocycles. The van der Waals surface area contributed by atoms with Crippen molar-refractivity contribution in [2.24, 2.45) is 0 Å². The van der Waals surface area contributed by atoms with E-state index in [1.165, 1.54) is 24.3 Å². The summed E-state index contributed by atoms with van der Waals surface area (Å²) >= 11 is 0.745.